The number of hydrogen-bond acceptors (Lipinski definition) is 1. The van der Waals surface area contributed by atoms with Crippen LogP contribution in [0.25, 0.3) is 11.0 Å². The first kappa shape index (κ1) is 12.9. The molecule has 0 N–H and O–H groups in total. The van der Waals surface area contributed by atoms with Gasteiger partial charge in [0.2, 0.25) is 0 Å². The van der Waals surface area contributed by atoms with Crippen molar-refractivity contribution in [1.29, 1.82) is 0 Å². The van der Waals surface area contributed by atoms with Crippen molar-refractivity contribution in [3.8, 4) is 0 Å². The molecular formula is C15H18ClFN2. The molecule has 2 aromatic rings. The second kappa shape index (κ2) is 5.49. The van der Waals surface area contributed by atoms with Crippen molar-refractivity contribution in [2.45, 2.75) is 38.6 Å². The lowest BCUT2D eigenvalue weighted by atomic mass is 10.2. The van der Waals surface area contributed by atoms with E-state index in [0.717, 1.165) is 35.7 Å². The molecule has 2 nitrogen and oxygen atoms in total. The van der Waals surface area contributed by atoms with Gasteiger partial charge in [-0.05, 0) is 30.9 Å². The van der Waals surface area contributed by atoms with Crippen LogP contribution in [0.4, 0.5) is 4.39 Å². The van der Waals surface area contributed by atoms with Gasteiger partial charge in [0.1, 0.15) is 11.6 Å². The molecule has 19 heavy (non-hydrogen) atoms. The Hall–Kier alpha value is -1.09. The maximum absolute atomic E-state index is 13.3. The van der Waals surface area contributed by atoms with Crippen LogP contribution in [-0.2, 0) is 13.0 Å². The van der Waals surface area contributed by atoms with Gasteiger partial charge >= 0.3 is 0 Å². The van der Waals surface area contributed by atoms with Gasteiger partial charge in [-0.3, -0.25) is 0 Å². The fraction of sp³-hybridized carbons (Fsp3) is 0.533. The van der Waals surface area contributed by atoms with Crippen LogP contribution < -0.4 is 0 Å². The summed E-state index contributed by atoms with van der Waals surface area (Å²) in [4.78, 5) is 4.52. The third-order valence-electron chi connectivity index (χ3n) is 3.80. The number of nitrogens with zero attached hydrogens (tertiary/aromatic N) is 2. The Morgan fingerprint density at radius 1 is 1.37 bits per heavy atom. The number of aromatic nitrogens is 2. The maximum atomic E-state index is 13.3. The van der Waals surface area contributed by atoms with Crippen LogP contribution in [-0.4, -0.2) is 15.4 Å². The zero-order valence-corrected chi connectivity index (χ0v) is 11.7. The van der Waals surface area contributed by atoms with E-state index < -0.39 is 0 Å². The quantitative estimate of drug-likeness (QED) is 0.727. The third-order valence-corrected chi connectivity index (χ3v) is 3.99. The van der Waals surface area contributed by atoms with E-state index in [-0.39, 0.29) is 5.82 Å². The fourth-order valence-electron chi connectivity index (χ4n) is 2.62. The van der Waals surface area contributed by atoms with Gasteiger partial charge in [-0.2, -0.15) is 0 Å². The molecule has 0 saturated heterocycles. The lowest BCUT2D eigenvalue weighted by Gasteiger charge is -2.08. The highest BCUT2D eigenvalue weighted by Gasteiger charge is 2.20. The second-order valence-electron chi connectivity index (χ2n) is 5.34. The number of hydrogen-bond donors (Lipinski definition) is 0. The highest BCUT2D eigenvalue weighted by molar-refractivity contribution is 6.17. The van der Waals surface area contributed by atoms with E-state index in [9.17, 15) is 4.39 Å². The summed E-state index contributed by atoms with van der Waals surface area (Å²) < 4.78 is 15.5. The first-order chi connectivity index (χ1) is 9.28. The summed E-state index contributed by atoms with van der Waals surface area (Å²) in [6.45, 7) is 0.963. The minimum atomic E-state index is -0.229. The Kier molecular flexibility index (Phi) is 3.74. The van der Waals surface area contributed by atoms with Crippen molar-refractivity contribution in [1.82, 2.24) is 9.55 Å². The van der Waals surface area contributed by atoms with Crippen LogP contribution in [0.5, 0.6) is 0 Å². The molecule has 3 rings (SSSR count). The normalized spacial score (nSPS) is 15.3. The van der Waals surface area contributed by atoms with Crippen LogP contribution in [0.2, 0.25) is 0 Å². The zero-order chi connectivity index (χ0) is 13.2. The first-order valence-corrected chi connectivity index (χ1v) is 7.52. The molecule has 1 aromatic carbocycles. The largest absolute Gasteiger partial charge is 0.328 e. The van der Waals surface area contributed by atoms with Gasteiger partial charge < -0.3 is 4.57 Å². The van der Waals surface area contributed by atoms with E-state index in [1.54, 1.807) is 0 Å². The average Bonchev–Trinajstić information content (AvgIpc) is 3.14. The highest BCUT2D eigenvalue weighted by atomic mass is 35.5. The average molecular weight is 281 g/mol. The third kappa shape index (κ3) is 2.92. The minimum absolute atomic E-state index is 0.229. The lowest BCUT2D eigenvalue weighted by Crippen LogP contribution is -2.05. The van der Waals surface area contributed by atoms with Crippen molar-refractivity contribution < 1.29 is 4.39 Å². The molecule has 0 atom stereocenters. The van der Waals surface area contributed by atoms with Crippen LogP contribution in [0, 0.1) is 11.7 Å². The SMILES string of the molecule is Fc1ccc2c(c1)nc(CCCl)n2CCCC1CC1. The smallest absolute Gasteiger partial charge is 0.125 e. The van der Waals surface area contributed by atoms with Crippen LogP contribution in [0.3, 0.4) is 0 Å². The number of aryl methyl sites for hydroxylation is 2. The molecular weight excluding hydrogens is 263 g/mol. The van der Waals surface area contributed by atoms with E-state index in [4.69, 9.17) is 11.6 Å². The van der Waals surface area contributed by atoms with E-state index in [0.29, 0.717) is 5.88 Å². The molecule has 1 aromatic heterocycles. The number of imidazole rings is 1. The summed E-state index contributed by atoms with van der Waals surface area (Å²) in [6.07, 6.45) is 5.99. The van der Waals surface area contributed by atoms with Crippen LogP contribution in [0.1, 0.15) is 31.5 Å². The molecule has 0 amide bonds. The number of benzene rings is 1. The molecule has 1 heterocycles. The monoisotopic (exact) mass is 280 g/mol. The molecule has 1 aliphatic rings. The van der Waals surface area contributed by atoms with E-state index in [2.05, 4.69) is 9.55 Å². The van der Waals surface area contributed by atoms with E-state index in [1.807, 2.05) is 6.07 Å². The van der Waals surface area contributed by atoms with Gasteiger partial charge in [0.05, 0.1) is 11.0 Å². The van der Waals surface area contributed by atoms with Crippen molar-refractivity contribution in [2.24, 2.45) is 5.92 Å². The van der Waals surface area contributed by atoms with Crippen molar-refractivity contribution in [3.63, 3.8) is 0 Å². The number of halogens is 2. The molecule has 0 spiro atoms. The summed E-state index contributed by atoms with van der Waals surface area (Å²) in [5.41, 5.74) is 1.77. The predicted octanol–water partition coefficient (Wildman–Crippen LogP) is 4.15. The molecule has 1 fully saturated rings. The Labute approximate surface area is 117 Å². The summed E-state index contributed by atoms with van der Waals surface area (Å²) in [7, 11) is 0. The van der Waals surface area contributed by atoms with E-state index in [1.165, 1.54) is 37.8 Å². The Bertz CT molecular complexity index is 575. The molecule has 0 radical (unpaired) electrons. The minimum Gasteiger partial charge on any atom is -0.328 e. The molecule has 0 bridgehead atoms. The fourth-order valence-corrected chi connectivity index (χ4v) is 2.79. The highest BCUT2D eigenvalue weighted by Crippen LogP contribution is 2.33. The topological polar surface area (TPSA) is 17.8 Å². The molecule has 4 heteroatoms. The first-order valence-electron chi connectivity index (χ1n) is 6.98. The van der Waals surface area contributed by atoms with Gasteiger partial charge in [-0.15, -0.1) is 11.6 Å². The van der Waals surface area contributed by atoms with Gasteiger partial charge in [0.25, 0.3) is 0 Å². The van der Waals surface area contributed by atoms with Crippen molar-refractivity contribution in [3.05, 3.63) is 29.8 Å². The standard InChI is InChI=1S/C15H18ClFN2/c16-8-7-15-18-13-10-12(17)5-6-14(13)19(15)9-1-2-11-3-4-11/h5-6,10-11H,1-4,7-9H2. The Morgan fingerprint density at radius 2 is 2.21 bits per heavy atom. The van der Waals surface area contributed by atoms with Gasteiger partial charge in [-0.25, -0.2) is 9.37 Å². The molecule has 1 saturated carbocycles. The van der Waals surface area contributed by atoms with Crippen molar-refractivity contribution in [2.75, 3.05) is 5.88 Å². The van der Waals surface area contributed by atoms with Gasteiger partial charge in [-0.1, -0.05) is 12.8 Å². The number of rotatable bonds is 6. The second-order valence-corrected chi connectivity index (χ2v) is 5.72. The van der Waals surface area contributed by atoms with Gasteiger partial charge in [0, 0.05) is 24.9 Å². The molecule has 1 aliphatic carbocycles. The number of alkyl halides is 1. The zero-order valence-electron chi connectivity index (χ0n) is 10.9. The molecule has 102 valence electrons. The predicted molar refractivity (Wildman–Crippen MR) is 76.1 cm³/mol. The molecule has 0 aliphatic heterocycles. The Morgan fingerprint density at radius 3 is 2.95 bits per heavy atom. The van der Waals surface area contributed by atoms with Crippen LogP contribution in [0.15, 0.2) is 18.2 Å². The number of fused-ring (bicyclic) bond motifs is 1. The van der Waals surface area contributed by atoms with Crippen molar-refractivity contribution >= 4 is 22.6 Å². The summed E-state index contributed by atoms with van der Waals surface area (Å²) in [5.74, 6) is 2.25. The summed E-state index contributed by atoms with van der Waals surface area (Å²) in [6, 6.07) is 4.84. The van der Waals surface area contributed by atoms with E-state index >= 15 is 0 Å². The summed E-state index contributed by atoms with van der Waals surface area (Å²) in [5, 5.41) is 0. The summed E-state index contributed by atoms with van der Waals surface area (Å²) >= 11 is 5.83. The Balaban J connectivity index is 1.86. The maximum Gasteiger partial charge on any atom is 0.125 e. The van der Waals surface area contributed by atoms with Gasteiger partial charge in [0.15, 0.2) is 0 Å². The molecule has 0 unspecified atom stereocenters. The lowest BCUT2D eigenvalue weighted by molar-refractivity contribution is 0.571. The van der Waals surface area contributed by atoms with Crippen LogP contribution >= 0.6 is 11.6 Å².